The molecule has 0 aromatic carbocycles. The van der Waals surface area contributed by atoms with E-state index in [4.69, 9.17) is 0 Å². The number of carbonyl (C=O) groups excluding carboxylic acids is 3. The average Bonchev–Trinajstić information content (AvgIpc) is 2.05. The fourth-order valence-corrected chi connectivity index (χ4v) is 1.42. The summed E-state index contributed by atoms with van der Waals surface area (Å²) in [5.41, 5.74) is 0. The fraction of sp³-hybridized carbons (Fsp3) is 0.250. The lowest BCUT2D eigenvalue weighted by Crippen LogP contribution is -2.36. The lowest BCUT2D eigenvalue weighted by atomic mass is 10.6. The Kier molecular flexibility index (Phi) is 1.64. The van der Waals surface area contributed by atoms with Crippen LogP contribution in [0.3, 0.4) is 0 Å². The molecule has 0 bridgehead atoms. The number of sulfonamides is 1. The molecule has 1 saturated heterocycles. The second-order valence-electron chi connectivity index (χ2n) is 2.09. The zero-order chi connectivity index (χ0) is 9.52. The fourth-order valence-electron chi connectivity index (χ4n) is 0.687. The second kappa shape index (κ2) is 2.27. The number of urea groups is 1. The third-order valence-electron chi connectivity index (χ3n) is 1.12. The van der Waals surface area contributed by atoms with E-state index in [1.165, 1.54) is 0 Å². The Balaban J connectivity index is 3.17. The molecule has 0 radical (unpaired) electrons. The van der Waals surface area contributed by atoms with Crippen LogP contribution in [0, 0.1) is 0 Å². The molecule has 0 atom stereocenters. The molecule has 1 heterocycles. The van der Waals surface area contributed by atoms with Gasteiger partial charge in [-0.25, -0.2) is 13.2 Å². The summed E-state index contributed by atoms with van der Waals surface area (Å²) in [5, 5.41) is 1.54. The molecule has 0 unspecified atom stereocenters. The van der Waals surface area contributed by atoms with Gasteiger partial charge in [-0.3, -0.25) is 14.9 Å². The number of nitrogens with zero attached hydrogens (tertiary/aromatic N) is 1. The van der Waals surface area contributed by atoms with E-state index in [0.717, 1.165) is 0 Å². The largest absolute Gasteiger partial charge is 0.345 e. The summed E-state index contributed by atoms with van der Waals surface area (Å²) in [6.07, 6.45) is 0.656. The average molecular weight is 192 g/mol. The van der Waals surface area contributed by atoms with Crippen molar-refractivity contribution in [3.8, 4) is 0 Å². The van der Waals surface area contributed by atoms with Crippen molar-refractivity contribution in [3.05, 3.63) is 0 Å². The summed E-state index contributed by atoms with van der Waals surface area (Å²) in [6.45, 7) is 0. The third-order valence-corrected chi connectivity index (χ3v) is 2.11. The molecule has 1 fully saturated rings. The van der Waals surface area contributed by atoms with Crippen molar-refractivity contribution >= 4 is 27.9 Å². The van der Waals surface area contributed by atoms with E-state index in [1.54, 1.807) is 5.32 Å². The van der Waals surface area contributed by atoms with Crippen molar-refractivity contribution in [1.82, 2.24) is 9.62 Å². The van der Waals surface area contributed by atoms with Gasteiger partial charge in [0.05, 0.1) is 6.26 Å². The normalized spacial score (nSPS) is 18.4. The standard InChI is InChI=1S/C4H4N2O5S/c1-12(10,11)6-3(8)2(7)5-4(6)9/h1H3,(H,5,7,9). The van der Waals surface area contributed by atoms with Crippen LogP contribution in [-0.4, -0.2) is 36.8 Å². The van der Waals surface area contributed by atoms with Crippen LogP contribution in [0.1, 0.15) is 0 Å². The number of amides is 4. The van der Waals surface area contributed by atoms with Crippen LogP contribution < -0.4 is 5.32 Å². The van der Waals surface area contributed by atoms with Gasteiger partial charge in [0.25, 0.3) is 0 Å². The summed E-state index contributed by atoms with van der Waals surface area (Å²) in [5.74, 6) is -2.60. The monoisotopic (exact) mass is 192 g/mol. The number of imide groups is 2. The van der Waals surface area contributed by atoms with E-state index in [0.29, 0.717) is 6.26 Å². The quantitative estimate of drug-likeness (QED) is 0.383. The molecular weight excluding hydrogens is 188 g/mol. The van der Waals surface area contributed by atoms with Gasteiger partial charge >= 0.3 is 17.8 Å². The van der Waals surface area contributed by atoms with Gasteiger partial charge in [0, 0.05) is 0 Å². The van der Waals surface area contributed by atoms with Crippen LogP contribution in [0.25, 0.3) is 0 Å². The first kappa shape index (κ1) is 8.65. The molecule has 66 valence electrons. The molecule has 0 aliphatic carbocycles. The van der Waals surface area contributed by atoms with E-state index in [9.17, 15) is 22.8 Å². The predicted octanol–water partition coefficient (Wildman–Crippen LogP) is -1.98. The molecule has 4 amide bonds. The minimum absolute atomic E-state index is 0.116. The van der Waals surface area contributed by atoms with Crippen LogP contribution in [-0.2, 0) is 19.6 Å². The molecular formula is C4H4N2O5S. The summed E-state index contributed by atoms with van der Waals surface area (Å²) in [7, 11) is -3.98. The summed E-state index contributed by atoms with van der Waals surface area (Å²) in [4.78, 5) is 31.8. The molecule has 0 aromatic rings. The molecule has 8 heteroatoms. The van der Waals surface area contributed by atoms with Crippen LogP contribution in [0.2, 0.25) is 0 Å². The molecule has 7 nitrogen and oxygen atoms in total. The van der Waals surface area contributed by atoms with Crippen LogP contribution in [0.15, 0.2) is 0 Å². The number of rotatable bonds is 1. The Hall–Kier alpha value is -1.44. The highest BCUT2D eigenvalue weighted by Gasteiger charge is 2.42. The van der Waals surface area contributed by atoms with Crippen molar-refractivity contribution in [3.63, 3.8) is 0 Å². The maximum atomic E-state index is 10.7. The van der Waals surface area contributed by atoms with E-state index in [1.807, 2.05) is 0 Å². The van der Waals surface area contributed by atoms with Gasteiger partial charge in [0.2, 0.25) is 10.0 Å². The van der Waals surface area contributed by atoms with E-state index in [-0.39, 0.29) is 4.31 Å². The van der Waals surface area contributed by atoms with Gasteiger partial charge in [0.15, 0.2) is 0 Å². The topological polar surface area (TPSA) is 101 Å². The Bertz CT molecular complexity index is 369. The van der Waals surface area contributed by atoms with Crippen molar-refractivity contribution in [2.45, 2.75) is 0 Å². The van der Waals surface area contributed by atoms with Crippen LogP contribution in [0.4, 0.5) is 4.79 Å². The smallest absolute Gasteiger partial charge is 0.268 e. The first-order valence-corrected chi connectivity index (χ1v) is 4.58. The third kappa shape index (κ3) is 1.16. The zero-order valence-corrected chi connectivity index (χ0v) is 6.71. The van der Waals surface area contributed by atoms with E-state index in [2.05, 4.69) is 0 Å². The predicted molar refractivity (Wildman–Crippen MR) is 35.2 cm³/mol. The maximum Gasteiger partial charge on any atom is 0.345 e. The molecule has 0 spiro atoms. The van der Waals surface area contributed by atoms with Gasteiger partial charge in [0.1, 0.15) is 0 Å². The van der Waals surface area contributed by atoms with Gasteiger partial charge in [-0.1, -0.05) is 0 Å². The van der Waals surface area contributed by atoms with Crippen molar-refractivity contribution in [1.29, 1.82) is 0 Å². The summed E-state index contributed by atoms with van der Waals surface area (Å²) >= 11 is 0. The number of carbonyl (C=O) groups is 3. The SMILES string of the molecule is CS(=O)(=O)N1C(=O)NC(=O)C1=O. The van der Waals surface area contributed by atoms with Gasteiger partial charge in [-0.2, -0.15) is 0 Å². The Morgan fingerprint density at radius 2 is 1.75 bits per heavy atom. The van der Waals surface area contributed by atoms with Gasteiger partial charge in [-0.15, -0.1) is 4.31 Å². The Morgan fingerprint density at radius 3 is 1.92 bits per heavy atom. The summed E-state index contributed by atoms with van der Waals surface area (Å²) < 4.78 is 21.3. The highest BCUT2D eigenvalue weighted by molar-refractivity contribution is 7.89. The number of nitrogens with one attached hydrogen (secondary N) is 1. The van der Waals surface area contributed by atoms with Crippen LogP contribution >= 0.6 is 0 Å². The van der Waals surface area contributed by atoms with E-state index >= 15 is 0 Å². The number of hydrogen-bond donors (Lipinski definition) is 1. The molecule has 1 N–H and O–H groups in total. The van der Waals surface area contributed by atoms with Crippen molar-refractivity contribution in [2.75, 3.05) is 6.26 Å². The highest BCUT2D eigenvalue weighted by Crippen LogP contribution is 2.05. The lowest BCUT2D eigenvalue weighted by Gasteiger charge is -2.05. The molecule has 1 aliphatic rings. The van der Waals surface area contributed by atoms with Crippen LogP contribution in [0.5, 0.6) is 0 Å². The van der Waals surface area contributed by atoms with Gasteiger partial charge in [-0.05, 0) is 0 Å². The Labute approximate surface area is 67.4 Å². The summed E-state index contributed by atoms with van der Waals surface area (Å²) in [6, 6.07) is -1.23. The van der Waals surface area contributed by atoms with Gasteiger partial charge < -0.3 is 0 Å². The minimum Gasteiger partial charge on any atom is -0.268 e. The number of hydrogen-bond acceptors (Lipinski definition) is 5. The molecule has 1 rings (SSSR count). The Morgan fingerprint density at radius 1 is 1.25 bits per heavy atom. The molecule has 0 saturated carbocycles. The minimum atomic E-state index is -3.98. The highest BCUT2D eigenvalue weighted by atomic mass is 32.2. The second-order valence-corrected chi connectivity index (χ2v) is 3.92. The molecule has 12 heavy (non-hydrogen) atoms. The lowest BCUT2D eigenvalue weighted by molar-refractivity contribution is -0.138. The van der Waals surface area contributed by atoms with Crippen molar-refractivity contribution in [2.24, 2.45) is 0 Å². The molecule has 0 aromatic heterocycles. The first-order chi connectivity index (χ1) is 5.34. The zero-order valence-electron chi connectivity index (χ0n) is 5.90. The maximum absolute atomic E-state index is 10.7. The molecule has 1 aliphatic heterocycles. The first-order valence-electron chi connectivity index (χ1n) is 2.73. The van der Waals surface area contributed by atoms with E-state index < -0.39 is 27.9 Å². The van der Waals surface area contributed by atoms with Crippen molar-refractivity contribution < 1.29 is 22.8 Å².